The average Bonchev–Trinajstić information content (AvgIpc) is 2.86. The zero-order valence-electron chi connectivity index (χ0n) is 11.3. The fourth-order valence-electron chi connectivity index (χ4n) is 2.14. The Labute approximate surface area is 117 Å². The lowest BCUT2D eigenvalue weighted by Gasteiger charge is -2.11. The molecule has 1 N–H and O–H groups in total. The van der Waals surface area contributed by atoms with Crippen LogP contribution in [0.3, 0.4) is 0 Å². The molecule has 0 aliphatic rings. The smallest absolute Gasteiger partial charge is 0.138 e. The van der Waals surface area contributed by atoms with Crippen LogP contribution >= 0.6 is 11.6 Å². The van der Waals surface area contributed by atoms with Crippen molar-refractivity contribution in [3.05, 3.63) is 28.6 Å². The molecule has 0 bridgehead atoms. The van der Waals surface area contributed by atoms with Gasteiger partial charge in [0.05, 0.1) is 11.8 Å². The Hall–Kier alpha value is -1.40. The summed E-state index contributed by atoms with van der Waals surface area (Å²) in [6.07, 6.45) is 2.14. The number of aryl methyl sites for hydroxylation is 3. The van der Waals surface area contributed by atoms with Gasteiger partial charge in [0, 0.05) is 25.6 Å². The highest BCUT2D eigenvalue weighted by Gasteiger charge is 2.21. The van der Waals surface area contributed by atoms with E-state index < -0.39 is 6.10 Å². The third-order valence-corrected chi connectivity index (χ3v) is 3.48. The van der Waals surface area contributed by atoms with Gasteiger partial charge in [0.25, 0.3) is 0 Å². The van der Waals surface area contributed by atoms with E-state index in [1.54, 1.807) is 11.7 Å². The molecule has 0 spiro atoms. The van der Waals surface area contributed by atoms with E-state index in [0.29, 0.717) is 17.1 Å². The molecule has 7 heteroatoms. The van der Waals surface area contributed by atoms with Crippen LogP contribution in [-0.2, 0) is 20.0 Å². The van der Waals surface area contributed by atoms with E-state index in [1.165, 1.54) is 6.33 Å². The topological polar surface area (TPSA) is 68.8 Å². The van der Waals surface area contributed by atoms with Gasteiger partial charge in [-0.25, -0.2) is 4.98 Å². The van der Waals surface area contributed by atoms with Gasteiger partial charge in [-0.1, -0.05) is 18.5 Å². The quantitative estimate of drug-likeness (QED) is 0.906. The van der Waals surface area contributed by atoms with Gasteiger partial charge in [0.2, 0.25) is 0 Å². The molecule has 2 aromatic rings. The maximum Gasteiger partial charge on any atom is 0.138 e. The number of hydrogen-bond acceptors (Lipinski definition) is 4. The number of aromatic nitrogens is 5. The lowest BCUT2D eigenvalue weighted by molar-refractivity contribution is 0.173. The summed E-state index contributed by atoms with van der Waals surface area (Å²) >= 11 is 6.15. The lowest BCUT2D eigenvalue weighted by atomic mass is 10.1. The van der Waals surface area contributed by atoms with Crippen LogP contribution in [0.15, 0.2) is 6.33 Å². The van der Waals surface area contributed by atoms with E-state index in [-0.39, 0.29) is 0 Å². The molecule has 0 aromatic carbocycles. The third kappa shape index (κ3) is 2.79. The van der Waals surface area contributed by atoms with E-state index in [0.717, 1.165) is 24.5 Å². The molecule has 0 aliphatic heterocycles. The normalized spacial score (nSPS) is 12.9. The summed E-state index contributed by atoms with van der Waals surface area (Å²) in [6, 6.07) is 0. The fraction of sp³-hybridized carbons (Fsp3) is 0.583. The van der Waals surface area contributed by atoms with Crippen LogP contribution in [0.5, 0.6) is 0 Å². The molecule has 0 radical (unpaired) electrons. The molecular formula is C12H18ClN5O. The van der Waals surface area contributed by atoms with E-state index in [2.05, 4.69) is 22.1 Å². The van der Waals surface area contributed by atoms with Gasteiger partial charge in [-0.3, -0.25) is 9.36 Å². The molecule has 19 heavy (non-hydrogen) atoms. The maximum absolute atomic E-state index is 10.3. The summed E-state index contributed by atoms with van der Waals surface area (Å²) in [5, 5.41) is 19.2. The predicted molar refractivity (Wildman–Crippen MR) is 71.9 cm³/mol. The number of aliphatic hydroxyl groups excluding tert-OH is 1. The Morgan fingerprint density at radius 2 is 2.21 bits per heavy atom. The van der Waals surface area contributed by atoms with E-state index in [4.69, 9.17) is 11.6 Å². The average molecular weight is 284 g/mol. The van der Waals surface area contributed by atoms with Crippen molar-refractivity contribution in [1.29, 1.82) is 0 Å². The number of rotatable bonds is 5. The molecule has 2 rings (SSSR count). The first kappa shape index (κ1) is 14.0. The predicted octanol–water partition coefficient (Wildman–Crippen LogP) is 1.66. The van der Waals surface area contributed by atoms with Crippen LogP contribution in [0.2, 0.25) is 5.15 Å². The van der Waals surface area contributed by atoms with Gasteiger partial charge < -0.3 is 5.11 Å². The molecule has 2 heterocycles. The highest BCUT2D eigenvalue weighted by Crippen LogP contribution is 2.27. The SMILES string of the molecule is CCCn1ncnc1CC(O)c1c(C)nn(C)c1Cl. The second-order valence-corrected chi connectivity index (χ2v) is 4.89. The Balaban J connectivity index is 2.20. The maximum atomic E-state index is 10.3. The molecule has 104 valence electrons. The summed E-state index contributed by atoms with van der Waals surface area (Å²) in [5.41, 5.74) is 1.40. The minimum Gasteiger partial charge on any atom is -0.388 e. The first-order valence-corrected chi connectivity index (χ1v) is 6.66. The van der Waals surface area contributed by atoms with Gasteiger partial charge >= 0.3 is 0 Å². The fourth-order valence-corrected chi connectivity index (χ4v) is 2.45. The molecule has 1 atom stereocenters. The van der Waals surface area contributed by atoms with Crippen molar-refractivity contribution in [2.24, 2.45) is 7.05 Å². The van der Waals surface area contributed by atoms with Gasteiger partial charge in [-0.05, 0) is 13.3 Å². The Morgan fingerprint density at radius 3 is 2.79 bits per heavy atom. The Kier molecular flexibility index (Phi) is 4.21. The molecule has 0 aliphatic carbocycles. The molecule has 2 aromatic heterocycles. The number of nitrogens with zero attached hydrogens (tertiary/aromatic N) is 5. The second kappa shape index (κ2) is 5.71. The van der Waals surface area contributed by atoms with Crippen molar-refractivity contribution in [2.75, 3.05) is 0 Å². The van der Waals surface area contributed by atoms with Crippen molar-refractivity contribution in [2.45, 2.75) is 39.3 Å². The van der Waals surface area contributed by atoms with Crippen LogP contribution in [0.25, 0.3) is 0 Å². The first-order valence-electron chi connectivity index (χ1n) is 6.28. The van der Waals surface area contributed by atoms with Crippen molar-refractivity contribution in [1.82, 2.24) is 24.5 Å². The molecule has 0 fully saturated rings. The summed E-state index contributed by atoms with van der Waals surface area (Å²) in [6.45, 7) is 4.70. The minimum absolute atomic E-state index is 0.381. The summed E-state index contributed by atoms with van der Waals surface area (Å²) in [7, 11) is 1.76. The monoisotopic (exact) mass is 283 g/mol. The van der Waals surface area contributed by atoms with E-state index >= 15 is 0 Å². The van der Waals surface area contributed by atoms with Crippen LogP contribution < -0.4 is 0 Å². The van der Waals surface area contributed by atoms with Crippen molar-refractivity contribution in [3.63, 3.8) is 0 Å². The van der Waals surface area contributed by atoms with Crippen LogP contribution in [0, 0.1) is 6.92 Å². The first-order chi connectivity index (χ1) is 9.04. The minimum atomic E-state index is -0.721. The van der Waals surface area contributed by atoms with Crippen molar-refractivity contribution < 1.29 is 5.11 Å². The van der Waals surface area contributed by atoms with Crippen LogP contribution in [0.4, 0.5) is 0 Å². The zero-order valence-corrected chi connectivity index (χ0v) is 12.1. The highest BCUT2D eigenvalue weighted by atomic mass is 35.5. The number of aliphatic hydroxyl groups is 1. The summed E-state index contributed by atoms with van der Waals surface area (Å²) in [4.78, 5) is 4.19. The van der Waals surface area contributed by atoms with Crippen LogP contribution in [0.1, 0.15) is 36.5 Å². The molecule has 0 saturated carbocycles. The molecular weight excluding hydrogens is 266 g/mol. The Morgan fingerprint density at radius 1 is 1.47 bits per heavy atom. The number of halogens is 1. The van der Waals surface area contributed by atoms with Gasteiger partial charge in [0.1, 0.15) is 17.3 Å². The largest absolute Gasteiger partial charge is 0.388 e. The lowest BCUT2D eigenvalue weighted by Crippen LogP contribution is -2.11. The second-order valence-electron chi connectivity index (χ2n) is 4.53. The number of hydrogen-bond donors (Lipinski definition) is 1. The molecule has 0 amide bonds. The van der Waals surface area contributed by atoms with Crippen molar-refractivity contribution in [3.8, 4) is 0 Å². The highest BCUT2D eigenvalue weighted by molar-refractivity contribution is 6.30. The van der Waals surface area contributed by atoms with Crippen LogP contribution in [-0.4, -0.2) is 29.7 Å². The van der Waals surface area contributed by atoms with Gasteiger partial charge in [0.15, 0.2) is 0 Å². The van der Waals surface area contributed by atoms with E-state index in [1.807, 2.05) is 11.6 Å². The summed E-state index contributed by atoms with van der Waals surface area (Å²) in [5.74, 6) is 0.758. The summed E-state index contributed by atoms with van der Waals surface area (Å²) < 4.78 is 3.37. The van der Waals surface area contributed by atoms with Gasteiger partial charge in [-0.15, -0.1) is 0 Å². The molecule has 6 nitrogen and oxygen atoms in total. The molecule has 1 unspecified atom stereocenters. The Bertz CT molecular complexity index is 562. The molecule has 0 saturated heterocycles. The van der Waals surface area contributed by atoms with E-state index in [9.17, 15) is 5.11 Å². The third-order valence-electron chi connectivity index (χ3n) is 3.04. The zero-order chi connectivity index (χ0) is 14.0. The standard InChI is InChI=1S/C12H18ClN5O/c1-4-5-18-10(14-7-15-18)6-9(19)11-8(2)16-17(3)12(11)13/h7,9,19H,4-6H2,1-3H3. The van der Waals surface area contributed by atoms with Gasteiger partial charge in [-0.2, -0.15) is 10.2 Å². The van der Waals surface area contributed by atoms with Crippen molar-refractivity contribution >= 4 is 11.6 Å².